The summed E-state index contributed by atoms with van der Waals surface area (Å²) in [7, 11) is 0. The summed E-state index contributed by atoms with van der Waals surface area (Å²) >= 11 is 0. The van der Waals surface area contributed by atoms with Crippen molar-refractivity contribution in [1.82, 2.24) is 15.2 Å². The lowest BCUT2D eigenvalue weighted by molar-refractivity contribution is 1.02. The van der Waals surface area contributed by atoms with E-state index in [-0.39, 0.29) is 0 Å². The van der Waals surface area contributed by atoms with E-state index < -0.39 is 0 Å². The molecule has 0 aliphatic heterocycles. The van der Waals surface area contributed by atoms with Crippen molar-refractivity contribution >= 4 is 11.6 Å². The molecule has 5 nitrogen and oxygen atoms in total. The molecule has 2 aromatic heterocycles. The van der Waals surface area contributed by atoms with Gasteiger partial charge >= 0.3 is 0 Å². The fourth-order valence-electron chi connectivity index (χ4n) is 1.65. The van der Waals surface area contributed by atoms with E-state index in [0.29, 0.717) is 11.6 Å². The van der Waals surface area contributed by atoms with E-state index in [9.17, 15) is 0 Å². The van der Waals surface area contributed by atoms with E-state index in [1.807, 2.05) is 19.9 Å². The molecule has 0 bridgehead atoms. The van der Waals surface area contributed by atoms with Crippen molar-refractivity contribution in [2.24, 2.45) is 0 Å². The second-order valence-electron chi connectivity index (χ2n) is 3.48. The number of nitrogen functional groups attached to an aromatic ring is 2. The number of hydrogen-bond donors (Lipinski definition) is 3. The normalized spacial score (nSPS) is 10.5. The Hall–Kier alpha value is -2.04. The summed E-state index contributed by atoms with van der Waals surface area (Å²) in [5, 5.41) is 7.03. The van der Waals surface area contributed by atoms with Crippen LogP contribution in [0.4, 0.5) is 11.6 Å². The number of anilines is 2. The monoisotopic (exact) mass is 203 g/mol. The predicted octanol–water partition coefficient (Wildman–Crippen LogP) is 1.25. The number of aryl methyl sites for hydroxylation is 2. The van der Waals surface area contributed by atoms with E-state index >= 15 is 0 Å². The van der Waals surface area contributed by atoms with Crippen molar-refractivity contribution < 1.29 is 0 Å². The number of aromatic amines is 1. The Balaban J connectivity index is 2.64. The molecule has 0 aromatic carbocycles. The van der Waals surface area contributed by atoms with Gasteiger partial charge in [0.05, 0.1) is 5.69 Å². The lowest BCUT2D eigenvalue weighted by Gasteiger charge is -2.05. The van der Waals surface area contributed by atoms with Crippen molar-refractivity contribution in [2.75, 3.05) is 11.5 Å². The molecule has 0 atom stereocenters. The van der Waals surface area contributed by atoms with Gasteiger partial charge in [0, 0.05) is 16.8 Å². The summed E-state index contributed by atoms with van der Waals surface area (Å²) in [5.74, 6) is 0.859. The Bertz CT molecular complexity index is 481. The Kier molecular flexibility index (Phi) is 2.07. The Morgan fingerprint density at radius 3 is 2.47 bits per heavy atom. The summed E-state index contributed by atoms with van der Waals surface area (Å²) in [6.45, 7) is 3.87. The molecule has 0 aliphatic carbocycles. The van der Waals surface area contributed by atoms with E-state index in [1.165, 1.54) is 0 Å². The zero-order chi connectivity index (χ0) is 11.0. The smallest absolute Gasteiger partial charge is 0.133 e. The molecule has 0 radical (unpaired) electrons. The summed E-state index contributed by atoms with van der Waals surface area (Å²) in [5.41, 5.74) is 15.1. The van der Waals surface area contributed by atoms with Crippen LogP contribution < -0.4 is 11.5 Å². The molecule has 0 saturated carbocycles. The van der Waals surface area contributed by atoms with Gasteiger partial charge in [-0.05, 0) is 26.0 Å². The summed E-state index contributed by atoms with van der Waals surface area (Å²) in [4.78, 5) is 4.03. The maximum Gasteiger partial charge on any atom is 0.133 e. The van der Waals surface area contributed by atoms with Crippen LogP contribution in [0, 0.1) is 13.8 Å². The molecule has 2 aromatic rings. The third-order valence-corrected chi connectivity index (χ3v) is 2.34. The lowest BCUT2D eigenvalue weighted by atomic mass is 10.1. The molecule has 0 aliphatic rings. The van der Waals surface area contributed by atoms with Gasteiger partial charge < -0.3 is 11.5 Å². The largest absolute Gasteiger partial charge is 0.384 e. The fraction of sp³-hybridized carbons (Fsp3) is 0.200. The van der Waals surface area contributed by atoms with Crippen LogP contribution in [0.2, 0.25) is 0 Å². The first-order valence-electron chi connectivity index (χ1n) is 4.63. The van der Waals surface area contributed by atoms with Gasteiger partial charge in [0.1, 0.15) is 11.6 Å². The molecule has 15 heavy (non-hydrogen) atoms. The third kappa shape index (κ3) is 1.52. The predicted molar refractivity (Wildman–Crippen MR) is 60.1 cm³/mol. The molecule has 0 spiro atoms. The van der Waals surface area contributed by atoms with Crippen molar-refractivity contribution in [3.63, 3.8) is 0 Å². The highest BCUT2D eigenvalue weighted by molar-refractivity contribution is 5.77. The van der Waals surface area contributed by atoms with Gasteiger partial charge in [0.25, 0.3) is 0 Å². The number of nitrogens with two attached hydrogens (primary N) is 2. The summed E-state index contributed by atoms with van der Waals surface area (Å²) < 4.78 is 0. The molecular weight excluding hydrogens is 190 g/mol. The van der Waals surface area contributed by atoms with Crippen LogP contribution in [0.25, 0.3) is 11.1 Å². The zero-order valence-electron chi connectivity index (χ0n) is 8.70. The summed E-state index contributed by atoms with van der Waals surface area (Å²) in [6, 6.07) is 3.60. The van der Waals surface area contributed by atoms with Crippen LogP contribution >= 0.6 is 0 Å². The van der Waals surface area contributed by atoms with Crippen molar-refractivity contribution in [3.8, 4) is 11.1 Å². The zero-order valence-corrected chi connectivity index (χ0v) is 8.70. The average molecular weight is 203 g/mol. The van der Waals surface area contributed by atoms with E-state index in [4.69, 9.17) is 11.5 Å². The minimum Gasteiger partial charge on any atom is -0.384 e. The third-order valence-electron chi connectivity index (χ3n) is 2.34. The molecule has 5 heteroatoms. The Labute approximate surface area is 87.5 Å². The number of H-pyrrole nitrogens is 1. The molecule has 2 heterocycles. The van der Waals surface area contributed by atoms with Gasteiger partial charge in [-0.15, -0.1) is 0 Å². The van der Waals surface area contributed by atoms with Crippen molar-refractivity contribution in [2.45, 2.75) is 13.8 Å². The Morgan fingerprint density at radius 2 is 1.93 bits per heavy atom. The number of rotatable bonds is 1. The maximum atomic E-state index is 5.82. The number of pyridine rings is 1. The van der Waals surface area contributed by atoms with Crippen LogP contribution in [0.15, 0.2) is 12.1 Å². The number of aromatic nitrogens is 3. The molecule has 0 amide bonds. The van der Waals surface area contributed by atoms with Crippen LogP contribution in [-0.2, 0) is 0 Å². The van der Waals surface area contributed by atoms with Crippen LogP contribution in [0.5, 0.6) is 0 Å². The topological polar surface area (TPSA) is 93.6 Å². The van der Waals surface area contributed by atoms with Gasteiger partial charge in [-0.3, -0.25) is 5.10 Å². The molecule has 5 N–H and O–H groups in total. The van der Waals surface area contributed by atoms with Crippen LogP contribution in [-0.4, -0.2) is 15.2 Å². The second kappa shape index (κ2) is 3.27. The number of hydrogen-bond acceptors (Lipinski definition) is 4. The minimum absolute atomic E-state index is 0.426. The number of nitrogens with zero attached hydrogens (tertiary/aromatic N) is 2. The molecule has 2 rings (SSSR count). The van der Waals surface area contributed by atoms with E-state index in [1.54, 1.807) is 6.07 Å². The van der Waals surface area contributed by atoms with Crippen LogP contribution in [0.3, 0.4) is 0 Å². The standard InChI is InChI=1S/C10H13N5/c1-5-9(6(2)15-14-5)7-3-4-8(11)13-10(7)12/h3-4H,1-2H3,(H,14,15)(H4,11,12,13). The molecule has 0 fully saturated rings. The highest BCUT2D eigenvalue weighted by atomic mass is 15.1. The van der Waals surface area contributed by atoms with E-state index in [0.717, 1.165) is 22.5 Å². The first kappa shape index (κ1) is 9.51. The Morgan fingerprint density at radius 1 is 1.20 bits per heavy atom. The maximum absolute atomic E-state index is 5.82. The molecule has 78 valence electrons. The average Bonchev–Trinajstić information content (AvgIpc) is 2.48. The minimum atomic E-state index is 0.426. The van der Waals surface area contributed by atoms with E-state index in [2.05, 4.69) is 15.2 Å². The van der Waals surface area contributed by atoms with Gasteiger partial charge in [-0.2, -0.15) is 5.10 Å². The van der Waals surface area contributed by atoms with Crippen molar-refractivity contribution in [1.29, 1.82) is 0 Å². The SMILES string of the molecule is Cc1n[nH]c(C)c1-c1ccc(N)nc1N. The van der Waals surface area contributed by atoms with Gasteiger partial charge in [-0.1, -0.05) is 0 Å². The number of nitrogens with one attached hydrogen (secondary N) is 1. The highest BCUT2D eigenvalue weighted by Gasteiger charge is 2.12. The van der Waals surface area contributed by atoms with Gasteiger partial charge in [-0.25, -0.2) is 4.98 Å². The second-order valence-corrected chi connectivity index (χ2v) is 3.48. The quantitative estimate of drug-likeness (QED) is 0.650. The van der Waals surface area contributed by atoms with Crippen molar-refractivity contribution in [3.05, 3.63) is 23.5 Å². The molecular formula is C10H13N5. The molecule has 0 unspecified atom stereocenters. The van der Waals surface area contributed by atoms with Gasteiger partial charge in [0.15, 0.2) is 0 Å². The summed E-state index contributed by atoms with van der Waals surface area (Å²) in [6.07, 6.45) is 0. The van der Waals surface area contributed by atoms with Gasteiger partial charge in [0.2, 0.25) is 0 Å². The highest BCUT2D eigenvalue weighted by Crippen LogP contribution is 2.29. The first-order valence-corrected chi connectivity index (χ1v) is 4.63. The molecule has 0 saturated heterocycles. The fourth-order valence-corrected chi connectivity index (χ4v) is 1.65. The van der Waals surface area contributed by atoms with Crippen LogP contribution in [0.1, 0.15) is 11.4 Å². The lowest BCUT2D eigenvalue weighted by Crippen LogP contribution is -1.98. The first-order chi connectivity index (χ1) is 7.09.